The molecule has 0 spiro atoms. The van der Waals surface area contributed by atoms with E-state index in [1.165, 1.54) is 11.7 Å². The topological polar surface area (TPSA) is 138 Å². The number of nitrogens with one attached hydrogen (secondary N) is 1. The first-order valence-electron chi connectivity index (χ1n) is 12.8. The Morgan fingerprint density at radius 2 is 1.82 bits per heavy atom. The fraction of sp³-hybridized carbons (Fsp3) is 0.321. The number of carbonyl (C=O) groups excluding carboxylic acids is 1. The lowest BCUT2D eigenvalue weighted by Crippen LogP contribution is -2.44. The number of methoxy groups -OCH3 is 2. The third kappa shape index (κ3) is 4.72. The van der Waals surface area contributed by atoms with Crippen LogP contribution < -0.4 is 26.0 Å². The summed E-state index contributed by atoms with van der Waals surface area (Å²) >= 11 is 0. The Morgan fingerprint density at radius 1 is 1.12 bits per heavy atom. The van der Waals surface area contributed by atoms with E-state index in [0.717, 1.165) is 33.6 Å². The Hall–Kier alpha value is -4.87. The summed E-state index contributed by atoms with van der Waals surface area (Å²) in [5.74, 6) is 0.196. The number of carbonyl (C=O) groups is 1. The highest BCUT2D eigenvalue weighted by atomic mass is 16.5. The summed E-state index contributed by atoms with van der Waals surface area (Å²) in [4.78, 5) is 31.5. The lowest BCUT2D eigenvalue weighted by Gasteiger charge is -2.24. The van der Waals surface area contributed by atoms with Gasteiger partial charge in [-0.05, 0) is 49.1 Å². The highest BCUT2D eigenvalue weighted by molar-refractivity contribution is 5.94. The van der Waals surface area contributed by atoms with Gasteiger partial charge in [-0.2, -0.15) is 0 Å². The van der Waals surface area contributed by atoms with Crippen LogP contribution in [0.2, 0.25) is 0 Å². The molecule has 0 radical (unpaired) electrons. The van der Waals surface area contributed by atoms with Crippen molar-refractivity contribution in [1.82, 2.24) is 29.4 Å². The van der Waals surface area contributed by atoms with Gasteiger partial charge in [0.25, 0.3) is 11.8 Å². The van der Waals surface area contributed by atoms with Gasteiger partial charge in [0.1, 0.15) is 5.49 Å². The molecular formula is C28H31N7O5. The van der Waals surface area contributed by atoms with Crippen LogP contribution in [0.3, 0.4) is 0 Å². The van der Waals surface area contributed by atoms with Gasteiger partial charge >= 0.3 is 5.69 Å². The van der Waals surface area contributed by atoms with Crippen LogP contribution in [0.5, 0.6) is 17.4 Å². The first-order valence-corrected chi connectivity index (χ1v) is 12.8. The van der Waals surface area contributed by atoms with Crippen LogP contribution in [0, 0.1) is 13.8 Å². The third-order valence-electron chi connectivity index (χ3n) is 7.10. The van der Waals surface area contributed by atoms with Crippen molar-refractivity contribution in [1.29, 1.82) is 0 Å². The maximum Gasteiger partial charge on any atom is 0.330 e. The molecular weight excluding hydrogens is 514 g/mol. The van der Waals surface area contributed by atoms with Crippen LogP contribution in [-0.2, 0) is 26.6 Å². The van der Waals surface area contributed by atoms with Crippen molar-refractivity contribution in [2.75, 3.05) is 20.8 Å². The van der Waals surface area contributed by atoms with E-state index in [2.05, 4.69) is 15.6 Å². The Labute approximate surface area is 230 Å². The minimum Gasteiger partial charge on any atom is -0.493 e. The van der Waals surface area contributed by atoms with Gasteiger partial charge in [-0.15, -0.1) is 0 Å². The van der Waals surface area contributed by atoms with Gasteiger partial charge in [0.05, 0.1) is 25.6 Å². The Bertz CT molecular complexity index is 1710. The van der Waals surface area contributed by atoms with Crippen molar-refractivity contribution in [3.63, 3.8) is 0 Å². The summed E-state index contributed by atoms with van der Waals surface area (Å²) in [6.45, 7) is 4.69. The summed E-state index contributed by atoms with van der Waals surface area (Å²) in [5.41, 5.74) is 5.52. The zero-order valence-corrected chi connectivity index (χ0v) is 23.1. The second-order valence-electron chi connectivity index (χ2n) is 9.58. The summed E-state index contributed by atoms with van der Waals surface area (Å²) < 4.78 is 15.5. The maximum atomic E-state index is 13.9. The normalized spacial score (nSPS) is 12.6. The van der Waals surface area contributed by atoms with E-state index in [9.17, 15) is 14.7 Å². The smallest absolute Gasteiger partial charge is 0.330 e. The fourth-order valence-electron chi connectivity index (χ4n) is 5.02. The van der Waals surface area contributed by atoms with Crippen LogP contribution in [0.4, 0.5) is 5.69 Å². The highest BCUT2D eigenvalue weighted by Crippen LogP contribution is 2.37. The molecule has 2 aromatic carbocycles. The van der Waals surface area contributed by atoms with Crippen LogP contribution in [0.1, 0.15) is 27.2 Å². The second kappa shape index (κ2) is 10.7. The Balaban J connectivity index is 1.62. The zero-order chi connectivity index (χ0) is 28.6. The molecule has 3 heterocycles. The number of aromatic hydroxyl groups is 1. The summed E-state index contributed by atoms with van der Waals surface area (Å²) in [6.07, 6.45) is 0.638. The first-order chi connectivity index (χ1) is 19.2. The average Bonchev–Trinajstić information content (AvgIpc) is 3.28. The molecule has 4 aromatic rings. The molecule has 0 bridgehead atoms. The van der Waals surface area contributed by atoms with Crippen LogP contribution in [0.15, 0.2) is 46.2 Å². The van der Waals surface area contributed by atoms with Crippen molar-refractivity contribution in [2.45, 2.75) is 33.4 Å². The van der Waals surface area contributed by atoms with Gasteiger partial charge in [0, 0.05) is 38.3 Å². The van der Waals surface area contributed by atoms with Crippen molar-refractivity contribution < 1.29 is 19.4 Å². The average molecular weight is 546 g/mol. The van der Waals surface area contributed by atoms with Gasteiger partial charge in [-0.1, -0.05) is 28.5 Å². The van der Waals surface area contributed by atoms with Crippen LogP contribution in [0.25, 0.3) is 11.3 Å². The van der Waals surface area contributed by atoms with E-state index in [4.69, 9.17) is 14.5 Å². The summed E-state index contributed by atoms with van der Waals surface area (Å²) in [5, 5.41) is 19.8. The van der Waals surface area contributed by atoms with Crippen LogP contribution in [-0.4, -0.2) is 55.9 Å². The molecule has 0 atom stereocenters. The van der Waals surface area contributed by atoms with Gasteiger partial charge < -0.3 is 19.9 Å². The number of amides is 1. The number of fused-ring (bicyclic) bond motifs is 3. The van der Waals surface area contributed by atoms with E-state index in [0.29, 0.717) is 30.0 Å². The number of para-hydroxylation sites is 1. The van der Waals surface area contributed by atoms with Crippen molar-refractivity contribution >= 4 is 11.6 Å². The van der Waals surface area contributed by atoms with Crippen molar-refractivity contribution in [2.24, 2.45) is 12.0 Å². The number of hydrogen-bond acceptors (Lipinski definition) is 8. The number of aryl methyl sites for hydroxylation is 4. The Morgan fingerprint density at radius 3 is 2.48 bits per heavy atom. The molecule has 2 aromatic heterocycles. The van der Waals surface area contributed by atoms with E-state index in [-0.39, 0.29) is 24.5 Å². The molecule has 40 heavy (non-hydrogen) atoms. The minimum atomic E-state index is -0.549. The molecule has 0 aliphatic carbocycles. The molecule has 1 amide bonds. The Kier molecular flexibility index (Phi) is 7.16. The molecule has 208 valence electrons. The molecule has 0 unspecified atom stereocenters. The quantitative estimate of drug-likeness (QED) is 0.362. The standard InChI is InChI=1S/C28H31N7O5/c1-16-7-6-8-17(2)24(16)30-23-15-20-19-14-22(40-5)21(39-4)13-18(19)9-11-34(20)28(38)35(23)12-10-29-26(36)25-27(37)31-32-33(25)3/h6-8,13-15,37H,9-12H2,1-5H3,(H,29,36). The highest BCUT2D eigenvalue weighted by Gasteiger charge is 2.23. The number of nitrogens with zero attached hydrogens (tertiary/aromatic N) is 6. The number of aromatic nitrogens is 5. The summed E-state index contributed by atoms with van der Waals surface area (Å²) in [7, 11) is 4.69. The van der Waals surface area contributed by atoms with Crippen molar-refractivity contribution in [3.05, 3.63) is 74.8 Å². The van der Waals surface area contributed by atoms with Gasteiger partial charge in [-0.3, -0.25) is 13.9 Å². The summed E-state index contributed by atoms with van der Waals surface area (Å²) in [6, 6.07) is 11.7. The van der Waals surface area contributed by atoms with Crippen LogP contribution >= 0.6 is 0 Å². The number of hydrogen-bond donors (Lipinski definition) is 2. The molecule has 0 fully saturated rings. The molecule has 1 aliphatic rings. The van der Waals surface area contributed by atoms with Gasteiger partial charge in [0.15, 0.2) is 17.2 Å². The second-order valence-corrected chi connectivity index (χ2v) is 9.58. The minimum absolute atomic E-state index is 0.0615. The van der Waals surface area contributed by atoms with E-state index in [1.807, 2.05) is 50.2 Å². The monoisotopic (exact) mass is 545 g/mol. The lowest BCUT2D eigenvalue weighted by molar-refractivity contribution is 0.0939. The molecule has 5 rings (SSSR count). The van der Waals surface area contributed by atoms with E-state index < -0.39 is 11.8 Å². The SMILES string of the molecule is COc1cc2c(cc1OC)-c1cc(=Nc3c(C)cccc3C)n(CCNC(=O)c3c(O)nnn3C)c(=O)n1CC2. The zero-order valence-electron chi connectivity index (χ0n) is 23.1. The molecule has 12 nitrogen and oxygen atoms in total. The molecule has 0 saturated heterocycles. The molecule has 1 aliphatic heterocycles. The molecule has 0 saturated carbocycles. The van der Waals surface area contributed by atoms with Crippen molar-refractivity contribution in [3.8, 4) is 28.6 Å². The number of rotatable bonds is 7. The van der Waals surface area contributed by atoms with E-state index in [1.54, 1.807) is 23.4 Å². The first kappa shape index (κ1) is 26.7. The fourth-order valence-corrected chi connectivity index (χ4v) is 5.02. The molecule has 2 N–H and O–H groups in total. The molecule has 12 heteroatoms. The predicted molar refractivity (Wildman–Crippen MR) is 147 cm³/mol. The number of benzene rings is 2. The maximum absolute atomic E-state index is 13.9. The van der Waals surface area contributed by atoms with E-state index >= 15 is 0 Å². The largest absolute Gasteiger partial charge is 0.493 e. The predicted octanol–water partition coefficient (Wildman–Crippen LogP) is 2.00. The van der Waals surface area contributed by atoms with Gasteiger partial charge in [-0.25, -0.2) is 14.5 Å². The lowest BCUT2D eigenvalue weighted by atomic mass is 9.97. The number of ether oxygens (including phenoxy) is 2. The van der Waals surface area contributed by atoms with Gasteiger partial charge in [0.2, 0.25) is 0 Å². The third-order valence-corrected chi connectivity index (χ3v) is 7.10.